The summed E-state index contributed by atoms with van der Waals surface area (Å²) in [7, 11) is 1.98. The molecule has 0 saturated heterocycles. The van der Waals surface area contributed by atoms with Gasteiger partial charge in [0.05, 0.1) is 5.69 Å². The van der Waals surface area contributed by atoms with Gasteiger partial charge in [-0.2, -0.15) is 5.10 Å². The number of pyridine rings is 1. The van der Waals surface area contributed by atoms with Gasteiger partial charge in [-0.15, -0.1) is 34.2 Å². The van der Waals surface area contributed by atoms with Crippen LogP contribution in [0.1, 0.15) is 36.6 Å². The van der Waals surface area contributed by atoms with Crippen LogP contribution in [-0.4, -0.2) is 42.9 Å². The number of hydrogen-bond acceptors (Lipinski definition) is 4. The number of fused-ring (bicyclic) bond motifs is 1. The van der Waals surface area contributed by atoms with Crippen LogP contribution in [0.15, 0.2) is 29.4 Å². The summed E-state index contributed by atoms with van der Waals surface area (Å²) < 4.78 is 3.89. The molecule has 0 fully saturated rings. The van der Waals surface area contributed by atoms with Gasteiger partial charge in [-0.05, 0) is 51.8 Å². The lowest BCUT2D eigenvalue weighted by Gasteiger charge is -2.18. The Kier molecular flexibility index (Phi) is 7.78. The molecule has 8 nitrogen and oxygen atoms in total. The maximum absolute atomic E-state index is 4.69. The molecular formula is C19H29IN8. The summed E-state index contributed by atoms with van der Waals surface area (Å²) in [6.07, 6.45) is 2.85. The SMILES string of the molecule is CCNC(=NCc1nnc2ccccn12)NC(C)Cc1c(C)nn(C)c1C.I. The zero-order valence-corrected chi connectivity index (χ0v) is 19.4. The highest BCUT2D eigenvalue weighted by atomic mass is 127. The van der Waals surface area contributed by atoms with E-state index in [4.69, 9.17) is 0 Å². The van der Waals surface area contributed by atoms with Gasteiger partial charge in [0.1, 0.15) is 6.54 Å². The molecule has 0 bridgehead atoms. The van der Waals surface area contributed by atoms with Gasteiger partial charge >= 0.3 is 0 Å². The van der Waals surface area contributed by atoms with Gasteiger partial charge in [0.25, 0.3) is 0 Å². The smallest absolute Gasteiger partial charge is 0.191 e. The van der Waals surface area contributed by atoms with Crippen molar-refractivity contribution in [2.45, 2.75) is 46.7 Å². The number of nitrogens with zero attached hydrogens (tertiary/aromatic N) is 6. The second-order valence-electron chi connectivity index (χ2n) is 6.76. The van der Waals surface area contributed by atoms with Gasteiger partial charge in [-0.1, -0.05) is 6.07 Å². The Balaban J connectivity index is 0.00000280. The van der Waals surface area contributed by atoms with E-state index >= 15 is 0 Å². The highest BCUT2D eigenvalue weighted by Crippen LogP contribution is 2.14. The Morgan fingerprint density at radius 2 is 2.04 bits per heavy atom. The molecule has 2 N–H and O–H groups in total. The fourth-order valence-corrected chi connectivity index (χ4v) is 3.17. The third-order valence-corrected chi connectivity index (χ3v) is 4.66. The molecule has 3 aromatic heterocycles. The fraction of sp³-hybridized carbons (Fsp3) is 0.474. The number of nitrogens with one attached hydrogen (secondary N) is 2. The highest BCUT2D eigenvalue weighted by molar-refractivity contribution is 14.0. The zero-order chi connectivity index (χ0) is 19.4. The van der Waals surface area contributed by atoms with E-state index in [2.05, 4.69) is 58.6 Å². The van der Waals surface area contributed by atoms with Crippen LogP contribution >= 0.6 is 24.0 Å². The first-order valence-corrected chi connectivity index (χ1v) is 9.32. The molecular weight excluding hydrogens is 467 g/mol. The quantitative estimate of drug-likeness (QED) is 0.311. The molecule has 0 aliphatic heterocycles. The maximum atomic E-state index is 4.69. The Labute approximate surface area is 182 Å². The van der Waals surface area contributed by atoms with Crippen molar-refractivity contribution < 1.29 is 0 Å². The molecule has 1 unspecified atom stereocenters. The molecule has 0 aromatic carbocycles. The minimum atomic E-state index is 0. The van der Waals surface area contributed by atoms with Crippen molar-refractivity contribution in [3.8, 4) is 0 Å². The maximum Gasteiger partial charge on any atom is 0.191 e. The van der Waals surface area contributed by atoms with E-state index < -0.39 is 0 Å². The van der Waals surface area contributed by atoms with Crippen molar-refractivity contribution >= 4 is 35.6 Å². The van der Waals surface area contributed by atoms with Crippen molar-refractivity contribution in [3.63, 3.8) is 0 Å². The van der Waals surface area contributed by atoms with E-state index in [0.717, 1.165) is 36.1 Å². The minimum Gasteiger partial charge on any atom is -0.357 e. The summed E-state index contributed by atoms with van der Waals surface area (Å²) in [6.45, 7) is 9.64. The molecule has 3 rings (SSSR count). The molecule has 0 radical (unpaired) electrons. The van der Waals surface area contributed by atoms with Crippen LogP contribution in [0.3, 0.4) is 0 Å². The second-order valence-corrected chi connectivity index (χ2v) is 6.76. The predicted molar refractivity (Wildman–Crippen MR) is 122 cm³/mol. The first-order chi connectivity index (χ1) is 13.0. The molecule has 0 spiro atoms. The van der Waals surface area contributed by atoms with Crippen LogP contribution in [-0.2, 0) is 20.0 Å². The van der Waals surface area contributed by atoms with Gasteiger partial charge in [0.15, 0.2) is 17.4 Å². The molecule has 0 aliphatic rings. The topological polar surface area (TPSA) is 84.4 Å². The summed E-state index contributed by atoms with van der Waals surface area (Å²) in [5.41, 5.74) is 4.41. The summed E-state index contributed by atoms with van der Waals surface area (Å²) in [4.78, 5) is 4.69. The number of hydrogen-bond donors (Lipinski definition) is 2. The molecule has 0 amide bonds. The number of guanidine groups is 1. The normalized spacial score (nSPS) is 12.7. The number of aliphatic imine (C=N–C) groups is 1. The second kappa shape index (κ2) is 9.85. The van der Waals surface area contributed by atoms with Crippen LogP contribution in [0.4, 0.5) is 0 Å². The van der Waals surface area contributed by atoms with E-state index in [1.54, 1.807) is 0 Å². The lowest BCUT2D eigenvalue weighted by atomic mass is 10.1. The standard InChI is InChI=1S/C19H28N8.HI/c1-6-20-19(21-12-18-24-23-17-9-7-8-10-27(17)18)22-13(2)11-16-14(3)25-26(5)15(16)4;/h7-10,13H,6,11-12H2,1-5H3,(H2,20,21,22);1H. The van der Waals surface area contributed by atoms with Crippen molar-refractivity contribution in [3.05, 3.63) is 47.2 Å². The Morgan fingerprint density at radius 1 is 1.25 bits per heavy atom. The van der Waals surface area contributed by atoms with Crippen LogP contribution in [0, 0.1) is 13.8 Å². The fourth-order valence-electron chi connectivity index (χ4n) is 3.17. The Morgan fingerprint density at radius 3 is 2.71 bits per heavy atom. The van der Waals surface area contributed by atoms with Crippen LogP contribution in [0.25, 0.3) is 5.65 Å². The van der Waals surface area contributed by atoms with Crippen LogP contribution in [0.2, 0.25) is 0 Å². The first-order valence-electron chi connectivity index (χ1n) is 9.32. The number of aryl methyl sites for hydroxylation is 2. The average Bonchev–Trinajstić information content (AvgIpc) is 3.16. The molecule has 0 saturated carbocycles. The van der Waals surface area contributed by atoms with E-state index in [1.165, 1.54) is 11.3 Å². The van der Waals surface area contributed by atoms with Crippen molar-refractivity contribution in [1.29, 1.82) is 0 Å². The lowest BCUT2D eigenvalue weighted by Crippen LogP contribution is -2.43. The van der Waals surface area contributed by atoms with Gasteiger partial charge in [0, 0.05) is 31.5 Å². The van der Waals surface area contributed by atoms with Crippen molar-refractivity contribution in [1.82, 2.24) is 35.0 Å². The summed E-state index contributed by atoms with van der Waals surface area (Å²) in [5, 5.41) is 19.7. The van der Waals surface area contributed by atoms with Crippen molar-refractivity contribution in [2.24, 2.45) is 12.0 Å². The molecule has 28 heavy (non-hydrogen) atoms. The van der Waals surface area contributed by atoms with Gasteiger partial charge < -0.3 is 10.6 Å². The number of halogens is 1. The summed E-state index contributed by atoms with van der Waals surface area (Å²) in [5.74, 6) is 1.59. The molecule has 0 aliphatic carbocycles. The molecule has 1 atom stereocenters. The van der Waals surface area contributed by atoms with Gasteiger partial charge in [-0.3, -0.25) is 9.08 Å². The average molecular weight is 496 g/mol. The molecule has 3 aromatic rings. The van der Waals surface area contributed by atoms with Gasteiger partial charge in [-0.25, -0.2) is 4.99 Å². The monoisotopic (exact) mass is 496 g/mol. The van der Waals surface area contributed by atoms with E-state index in [9.17, 15) is 0 Å². The number of rotatable bonds is 6. The van der Waals surface area contributed by atoms with Crippen molar-refractivity contribution in [2.75, 3.05) is 6.54 Å². The largest absolute Gasteiger partial charge is 0.357 e. The summed E-state index contributed by atoms with van der Waals surface area (Å²) >= 11 is 0. The minimum absolute atomic E-state index is 0. The molecule has 152 valence electrons. The Hall–Kier alpha value is -2.17. The van der Waals surface area contributed by atoms with E-state index in [1.807, 2.05) is 40.5 Å². The van der Waals surface area contributed by atoms with Crippen LogP contribution < -0.4 is 10.6 Å². The first kappa shape index (κ1) is 22.1. The molecule has 3 heterocycles. The third-order valence-electron chi connectivity index (χ3n) is 4.66. The Bertz CT molecular complexity index is 943. The highest BCUT2D eigenvalue weighted by Gasteiger charge is 2.14. The summed E-state index contributed by atoms with van der Waals surface area (Å²) in [6, 6.07) is 6.07. The number of aromatic nitrogens is 5. The van der Waals surface area contributed by atoms with E-state index in [0.29, 0.717) is 6.54 Å². The molecule has 9 heteroatoms. The van der Waals surface area contributed by atoms with E-state index in [-0.39, 0.29) is 30.0 Å². The van der Waals surface area contributed by atoms with Gasteiger partial charge in [0.2, 0.25) is 0 Å². The zero-order valence-electron chi connectivity index (χ0n) is 17.1. The predicted octanol–water partition coefficient (Wildman–Crippen LogP) is 2.38. The third kappa shape index (κ3) is 5.00. The van der Waals surface area contributed by atoms with Crippen LogP contribution in [0.5, 0.6) is 0 Å². The lowest BCUT2D eigenvalue weighted by molar-refractivity contribution is 0.634.